The highest BCUT2D eigenvalue weighted by Crippen LogP contribution is 2.38. The van der Waals surface area contributed by atoms with E-state index < -0.39 is 0 Å². The number of ether oxygens (including phenoxy) is 1. The molecule has 0 saturated heterocycles. The van der Waals surface area contributed by atoms with E-state index in [2.05, 4.69) is 20.7 Å². The molecule has 2 aromatic rings. The Hall–Kier alpha value is -2.63. The highest BCUT2D eigenvalue weighted by molar-refractivity contribution is 6.00. The number of carbonyl (C=O) groups is 1. The molecule has 1 aromatic carbocycles. The molecule has 0 unspecified atom stereocenters. The number of aromatic nitrogens is 2. The van der Waals surface area contributed by atoms with Gasteiger partial charge in [-0.1, -0.05) is 0 Å². The summed E-state index contributed by atoms with van der Waals surface area (Å²) in [5.41, 5.74) is 5.59. The normalized spacial score (nSPS) is 14.6. The number of hydrazone groups is 1. The number of aromatic amines is 1. The quantitative estimate of drug-likeness (QED) is 0.636. The van der Waals surface area contributed by atoms with Crippen molar-refractivity contribution < 1.29 is 9.53 Å². The molecule has 6 nitrogen and oxygen atoms in total. The third-order valence-electron chi connectivity index (χ3n) is 3.76. The van der Waals surface area contributed by atoms with Gasteiger partial charge in [0.1, 0.15) is 5.75 Å². The van der Waals surface area contributed by atoms with Crippen LogP contribution < -0.4 is 10.2 Å². The van der Waals surface area contributed by atoms with Crippen LogP contribution >= 0.6 is 0 Å². The average Bonchev–Trinajstić information content (AvgIpc) is 3.30. The molecule has 0 aliphatic heterocycles. The fraction of sp³-hybridized carbons (Fsp3) is 0.353. The van der Waals surface area contributed by atoms with Gasteiger partial charge in [0.05, 0.1) is 12.3 Å². The number of H-pyrrole nitrogens is 1. The number of hydrogen-bond acceptors (Lipinski definition) is 4. The SMILES string of the molecule is CCOc1ccc(/C(C)=N/NC(=O)c2cc(C3CC3)[nH]n2)cc1. The first kappa shape index (κ1) is 15.3. The smallest absolute Gasteiger partial charge is 0.291 e. The third-order valence-corrected chi connectivity index (χ3v) is 3.76. The zero-order valence-corrected chi connectivity index (χ0v) is 13.3. The molecule has 1 amide bonds. The van der Waals surface area contributed by atoms with E-state index >= 15 is 0 Å². The third kappa shape index (κ3) is 3.77. The molecule has 1 aromatic heterocycles. The van der Waals surface area contributed by atoms with E-state index in [0.29, 0.717) is 18.2 Å². The predicted molar refractivity (Wildman–Crippen MR) is 87.9 cm³/mol. The van der Waals surface area contributed by atoms with Crippen LogP contribution in [0.5, 0.6) is 5.75 Å². The molecule has 6 heteroatoms. The first-order chi connectivity index (χ1) is 11.2. The second kappa shape index (κ2) is 6.64. The van der Waals surface area contributed by atoms with E-state index in [1.54, 1.807) is 6.07 Å². The molecule has 1 aliphatic rings. The minimum atomic E-state index is -0.307. The molecular weight excluding hydrogens is 292 g/mol. The van der Waals surface area contributed by atoms with Crippen molar-refractivity contribution >= 4 is 11.6 Å². The molecule has 0 bridgehead atoms. The van der Waals surface area contributed by atoms with E-state index in [4.69, 9.17) is 4.74 Å². The lowest BCUT2D eigenvalue weighted by atomic mass is 10.1. The molecule has 0 atom stereocenters. The number of amides is 1. The summed E-state index contributed by atoms with van der Waals surface area (Å²) in [6.07, 6.45) is 2.33. The maximum absolute atomic E-state index is 12.1. The minimum absolute atomic E-state index is 0.307. The number of rotatable bonds is 6. The summed E-state index contributed by atoms with van der Waals surface area (Å²) < 4.78 is 5.40. The summed E-state index contributed by atoms with van der Waals surface area (Å²) in [6, 6.07) is 9.39. The van der Waals surface area contributed by atoms with Gasteiger partial charge in [-0.15, -0.1) is 0 Å². The van der Waals surface area contributed by atoms with Crippen molar-refractivity contribution in [2.75, 3.05) is 6.61 Å². The van der Waals surface area contributed by atoms with Crippen LogP contribution in [0, 0.1) is 0 Å². The zero-order chi connectivity index (χ0) is 16.2. The fourth-order valence-corrected chi connectivity index (χ4v) is 2.27. The van der Waals surface area contributed by atoms with Gasteiger partial charge in [-0.05, 0) is 62.6 Å². The van der Waals surface area contributed by atoms with Crippen LogP contribution in [0.2, 0.25) is 0 Å². The summed E-state index contributed by atoms with van der Waals surface area (Å²) in [7, 11) is 0. The Morgan fingerprint density at radius 3 is 2.78 bits per heavy atom. The van der Waals surface area contributed by atoms with E-state index in [9.17, 15) is 4.79 Å². The Balaban J connectivity index is 1.62. The standard InChI is InChI=1S/C17H20N4O2/c1-3-23-14-8-6-12(7-9-14)11(2)18-21-17(22)16-10-15(19-20-16)13-4-5-13/h6-10,13H,3-5H2,1-2H3,(H,19,20)(H,21,22)/b18-11+. The van der Waals surface area contributed by atoms with Crippen molar-refractivity contribution in [1.82, 2.24) is 15.6 Å². The lowest BCUT2D eigenvalue weighted by Crippen LogP contribution is -2.19. The second-order valence-electron chi connectivity index (χ2n) is 5.58. The van der Waals surface area contributed by atoms with Gasteiger partial charge >= 0.3 is 0 Å². The van der Waals surface area contributed by atoms with E-state index in [1.807, 2.05) is 38.1 Å². The molecule has 120 valence electrons. The molecule has 1 fully saturated rings. The highest BCUT2D eigenvalue weighted by atomic mass is 16.5. The summed E-state index contributed by atoms with van der Waals surface area (Å²) >= 11 is 0. The van der Waals surface area contributed by atoms with E-state index in [-0.39, 0.29) is 5.91 Å². The molecule has 0 spiro atoms. The monoisotopic (exact) mass is 312 g/mol. The van der Waals surface area contributed by atoms with Gasteiger partial charge in [0, 0.05) is 11.6 Å². The van der Waals surface area contributed by atoms with Crippen LogP contribution in [-0.2, 0) is 0 Å². The molecule has 1 heterocycles. The topological polar surface area (TPSA) is 79.4 Å². The van der Waals surface area contributed by atoms with Crippen LogP contribution in [0.1, 0.15) is 54.4 Å². The molecular formula is C17H20N4O2. The number of hydrogen-bond donors (Lipinski definition) is 2. The van der Waals surface area contributed by atoms with Gasteiger partial charge in [-0.3, -0.25) is 9.89 Å². The van der Waals surface area contributed by atoms with Crippen molar-refractivity contribution in [2.45, 2.75) is 32.6 Å². The van der Waals surface area contributed by atoms with Gasteiger partial charge in [0.15, 0.2) is 5.69 Å². The van der Waals surface area contributed by atoms with Crippen LogP contribution in [0.15, 0.2) is 35.4 Å². The maximum Gasteiger partial charge on any atom is 0.291 e. The summed E-state index contributed by atoms with van der Waals surface area (Å²) in [4.78, 5) is 12.1. The lowest BCUT2D eigenvalue weighted by molar-refractivity contribution is 0.0950. The van der Waals surface area contributed by atoms with Crippen molar-refractivity contribution in [3.63, 3.8) is 0 Å². The van der Waals surface area contributed by atoms with Crippen molar-refractivity contribution in [3.8, 4) is 5.75 Å². The number of carbonyl (C=O) groups excluding carboxylic acids is 1. The Labute approximate surface area is 134 Å². The van der Waals surface area contributed by atoms with Gasteiger partial charge in [0.2, 0.25) is 0 Å². The average molecular weight is 312 g/mol. The van der Waals surface area contributed by atoms with Gasteiger partial charge in [-0.25, -0.2) is 5.43 Å². The zero-order valence-electron chi connectivity index (χ0n) is 13.3. The Bertz CT molecular complexity index is 714. The first-order valence-electron chi connectivity index (χ1n) is 7.80. The van der Waals surface area contributed by atoms with Crippen molar-refractivity contribution in [3.05, 3.63) is 47.3 Å². The summed E-state index contributed by atoms with van der Waals surface area (Å²) in [5, 5.41) is 11.1. The van der Waals surface area contributed by atoms with Gasteiger partial charge in [-0.2, -0.15) is 10.2 Å². The van der Waals surface area contributed by atoms with Crippen LogP contribution in [-0.4, -0.2) is 28.4 Å². The Kier molecular flexibility index (Phi) is 4.41. The summed E-state index contributed by atoms with van der Waals surface area (Å²) in [5.74, 6) is 1.05. The molecule has 1 saturated carbocycles. The van der Waals surface area contributed by atoms with Gasteiger partial charge < -0.3 is 4.74 Å². The van der Waals surface area contributed by atoms with Crippen molar-refractivity contribution in [1.29, 1.82) is 0 Å². The van der Waals surface area contributed by atoms with Crippen LogP contribution in [0.25, 0.3) is 0 Å². The highest BCUT2D eigenvalue weighted by Gasteiger charge is 2.26. The number of benzene rings is 1. The molecule has 3 rings (SSSR count). The molecule has 23 heavy (non-hydrogen) atoms. The van der Waals surface area contributed by atoms with Crippen LogP contribution in [0.3, 0.4) is 0 Å². The lowest BCUT2D eigenvalue weighted by Gasteiger charge is -2.05. The molecule has 2 N–H and O–H groups in total. The Morgan fingerprint density at radius 1 is 1.39 bits per heavy atom. The number of nitrogens with zero attached hydrogens (tertiary/aromatic N) is 2. The van der Waals surface area contributed by atoms with Gasteiger partial charge in [0.25, 0.3) is 5.91 Å². The minimum Gasteiger partial charge on any atom is -0.494 e. The maximum atomic E-state index is 12.1. The fourth-order valence-electron chi connectivity index (χ4n) is 2.27. The van der Waals surface area contributed by atoms with E-state index in [1.165, 1.54) is 0 Å². The molecule has 1 aliphatic carbocycles. The van der Waals surface area contributed by atoms with Crippen molar-refractivity contribution in [2.24, 2.45) is 5.10 Å². The second-order valence-corrected chi connectivity index (χ2v) is 5.58. The number of nitrogens with one attached hydrogen (secondary N) is 2. The van der Waals surface area contributed by atoms with E-state index in [0.717, 1.165) is 35.6 Å². The first-order valence-corrected chi connectivity index (χ1v) is 7.80. The Morgan fingerprint density at radius 2 is 2.13 bits per heavy atom. The summed E-state index contributed by atoms with van der Waals surface area (Å²) in [6.45, 7) is 4.42. The van der Waals surface area contributed by atoms with Crippen LogP contribution in [0.4, 0.5) is 0 Å². The largest absolute Gasteiger partial charge is 0.494 e. The molecule has 0 radical (unpaired) electrons. The predicted octanol–water partition coefficient (Wildman–Crippen LogP) is 2.84.